The van der Waals surface area contributed by atoms with E-state index >= 15 is 0 Å². The molecule has 1 saturated heterocycles. The van der Waals surface area contributed by atoms with Crippen molar-refractivity contribution in [1.29, 1.82) is 0 Å². The zero-order valence-corrected chi connectivity index (χ0v) is 16.4. The van der Waals surface area contributed by atoms with Gasteiger partial charge in [-0.05, 0) is 17.2 Å². The highest BCUT2D eigenvalue weighted by Crippen LogP contribution is 2.29. The highest BCUT2D eigenvalue weighted by atomic mass is 35.5. The molecule has 27 heavy (non-hydrogen) atoms. The highest BCUT2D eigenvalue weighted by Gasteiger charge is 2.22. The van der Waals surface area contributed by atoms with Crippen LogP contribution in [0.3, 0.4) is 0 Å². The molecule has 3 aromatic rings. The van der Waals surface area contributed by atoms with Crippen LogP contribution in [0, 0.1) is 0 Å². The van der Waals surface area contributed by atoms with Crippen molar-refractivity contribution in [2.45, 2.75) is 6.54 Å². The standard InChI is InChI=1S/C18H19ClN6OS/c1-24(11-13-5-3-2-4-6-13)16-15-14(20-12-21-16)17(23-18(19)22-15)25-7-9-27(26)10-8-25/h2-6,12H,7-11H2,1H3. The highest BCUT2D eigenvalue weighted by molar-refractivity contribution is 7.85. The van der Waals surface area contributed by atoms with Crippen LogP contribution >= 0.6 is 11.6 Å². The molecule has 1 fully saturated rings. The van der Waals surface area contributed by atoms with Crippen LogP contribution in [0.2, 0.25) is 5.28 Å². The van der Waals surface area contributed by atoms with Crippen molar-refractivity contribution in [3.05, 3.63) is 47.5 Å². The van der Waals surface area contributed by atoms with Crippen molar-refractivity contribution in [2.75, 3.05) is 41.4 Å². The summed E-state index contributed by atoms with van der Waals surface area (Å²) in [5.41, 5.74) is 2.46. The van der Waals surface area contributed by atoms with E-state index in [0.717, 1.165) is 0 Å². The van der Waals surface area contributed by atoms with Gasteiger partial charge < -0.3 is 9.80 Å². The average molecular weight is 403 g/mol. The largest absolute Gasteiger partial charge is 0.353 e. The third-order valence-electron chi connectivity index (χ3n) is 4.52. The molecule has 0 unspecified atom stereocenters. The third kappa shape index (κ3) is 3.86. The lowest BCUT2D eigenvalue weighted by Gasteiger charge is -2.28. The third-order valence-corrected chi connectivity index (χ3v) is 5.96. The van der Waals surface area contributed by atoms with Gasteiger partial charge in [0.2, 0.25) is 5.28 Å². The maximum absolute atomic E-state index is 11.7. The maximum atomic E-state index is 11.7. The first kappa shape index (κ1) is 18.1. The average Bonchev–Trinajstić information content (AvgIpc) is 2.68. The van der Waals surface area contributed by atoms with Gasteiger partial charge in [0.15, 0.2) is 11.6 Å². The summed E-state index contributed by atoms with van der Waals surface area (Å²) in [5, 5.41) is 0.161. The summed E-state index contributed by atoms with van der Waals surface area (Å²) in [6.45, 7) is 2.01. The number of fused-ring (bicyclic) bond motifs is 1. The lowest BCUT2D eigenvalue weighted by molar-refractivity contribution is 0.672. The minimum atomic E-state index is -0.767. The molecule has 0 N–H and O–H groups in total. The van der Waals surface area contributed by atoms with E-state index in [1.54, 1.807) is 0 Å². The minimum Gasteiger partial charge on any atom is -0.353 e. The van der Waals surface area contributed by atoms with Gasteiger partial charge in [0, 0.05) is 49.0 Å². The molecule has 3 heterocycles. The summed E-state index contributed by atoms with van der Waals surface area (Å²) in [4.78, 5) is 21.8. The second-order valence-electron chi connectivity index (χ2n) is 6.39. The molecule has 0 saturated carbocycles. The first-order chi connectivity index (χ1) is 13.1. The van der Waals surface area contributed by atoms with Gasteiger partial charge in [0.05, 0.1) is 0 Å². The second kappa shape index (κ2) is 7.74. The van der Waals surface area contributed by atoms with Crippen LogP contribution in [0.1, 0.15) is 5.56 Å². The molecule has 0 bridgehead atoms. The van der Waals surface area contributed by atoms with Gasteiger partial charge in [0.1, 0.15) is 17.4 Å². The first-order valence-corrected chi connectivity index (χ1v) is 10.5. The number of anilines is 2. The molecule has 7 nitrogen and oxygen atoms in total. The Morgan fingerprint density at radius 3 is 2.59 bits per heavy atom. The molecule has 0 spiro atoms. The Morgan fingerprint density at radius 2 is 1.85 bits per heavy atom. The first-order valence-electron chi connectivity index (χ1n) is 8.65. The summed E-state index contributed by atoms with van der Waals surface area (Å²) in [6.07, 6.45) is 1.53. The van der Waals surface area contributed by atoms with Gasteiger partial charge in [-0.25, -0.2) is 15.0 Å². The lowest BCUT2D eigenvalue weighted by Crippen LogP contribution is -2.38. The smallest absolute Gasteiger partial charge is 0.225 e. The molecule has 1 aliphatic rings. The van der Waals surface area contributed by atoms with Crippen molar-refractivity contribution in [1.82, 2.24) is 19.9 Å². The van der Waals surface area contributed by atoms with Crippen LogP contribution in [-0.4, -0.2) is 55.8 Å². The Morgan fingerprint density at radius 1 is 1.11 bits per heavy atom. The molecule has 0 radical (unpaired) electrons. The minimum absolute atomic E-state index is 0.161. The van der Waals surface area contributed by atoms with Crippen LogP contribution in [0.25, 0.3) is 11.0 Å². The second-order valence-corrected chi connectivity index (χ2v) is 8.42. The zero-order valence-electron chi connectivity index (χ0n) is 14.9. The Balaban J connectivity index is 1.73. The molecule has 1 aliphatic heterocycles. The van der Waals surface area contributed by atoms with Crippen molar-refractivity contribution in [2.24, 2.45) is 0 Å². The van der Waals surface area contributed by atoms with Crippen molar-refractivity contribution >= 4 is 45.1 Å². The number of hydrogen-bond acceptors (Lipinski definition) is 7. The van der Waals surface area contributed by atoms with Gasteiger partial charge in [-0.1, -0.05) is 30.3 Å². The molecule has 9 heteroatoms. The van der Waals surface area contributed by atoms with Crippen LogP contribution < -0.4 is 9.80 Å². The van der Waals surface area contributed by atoms with Gasteiger partial charge in [0.25, 0.3) is 0 Å². The van der Waals surface area contributed by atoms with Gasteiger partial charge in [-0.2, -0.15) is 4.98 Å². The zero-order chi connectivity index (χ0) is 18.8. The van der Waals surface area contributed by atoms with Crippen LogP contribution in [0.15, 0.2) is 36.7 Å². The van der Waals surface area contributed by atoms with Crippen molar-refractivity contribution < 1.29 is 4.21 Å². The number of hydrogen-bond donors (Lipinski definition) is 0. The van der Waals surface area contributed by atoms with E-state index in [1.165, 1.54) is 11.9 Å². The van der Waals surface area contributed by atoms with E-state index in [4.69, 9.17) is 11.6 Å². The van der Waals surface area contributed by atoms with Crippen LogP contribution in [0.4, 0.5) is 11.6 Å². The van der Waals surface area contributed by atoms with Crippen LogP contribution in [-0.2, 0) is 17.3 Å². The van der Waals surface area contributed by atoms with E-state index in [9.17, 15) is 4.21 Å². The molecule has 0 aliphatic carbocycles. The number of aromatic nitrogens is 4. The van der Waals surface area contributed by atoms with E-state index in [0.29, 0.717) is 53.8 Å². The SMILES string of the molecule is CN(Cc1ccccc1)c1ncnc2c(N3CCS(=O)CC3)nc(Cl)nc12. The Kier molecular flexibility index (Phi) is 5.18. The fraction of sp³-hybridized carbons (Fsp3) is 0.333. The summed E-state index contributed by atoms with van der Waals surface area (Å²) in [5.74, 6) is 2.62. The number of benzene rings is 1. The van der Waals surface area contributed by atoms with Gasteiger partial charge in [-0.3, -0.25) is 4.21 Å². The summed E-state index contributed by atoms with van der Waals surface area (Å²) >= 11 is 6.23. The molecule has 0 amide bonds. The lowest BCUT2D eigenvalue weighted by atomic mass is 10.2. The molecular formula is C18H19ClN6OS. The van der Waals surface area contributed by atoms with E-state index in [1.807, 2.05) is 30.1 Å². The fourth-order valence-electron chi connectivity index (χ4n) is 3.18. The number of rotatable bonds is 4. The maximum Gasteiger partial charge on any atom is 0.225 e. The Hall–Kier alpha value is -2.32. The van der Waals surface area contributed by atoms with E-state index < -0.39 is 10.8 Å². The normalized spacial score (nSPS) is 15.3. The van der Waals surface area contributed by atoms with Crippen molar-refractivity contribution in [3.63, 3.8) is 0 Å². The van der Waals surface area contributed by atoms with Crippen molar-refractivity contribution in [3.8, 4) is 0 Å². The summed E-state index contributed by atoms with van der Waals surface area (Å²) < 4.78 is 11.7. The van der Waals surface area contributed by atoms with Crippen LogP contribution in [0.5, 0.6) is 0 Å². The monoisotopic (exact) mass is 402 g/mol. The topological polar surface area (TPSA) is 75.1 Å². The molecule has 0 atom stereocenters. The predicted octanol–water partition coefficient (Wildman–Crippen LogP) is 2.28. The summed E-state index contributed by atoms with van der Waals surface area (Å²) in [7, 11) is 1.20. The number of nitrogens with zero attached hydrogens (tertiary/aromatic N) is 6. The Bertz CT molecular complexity index is 976. The van der Waals surface area contributed by atoms with E-state index in [-0.39, 0.29) is 5.28 Å². The molecule has 4 rings (SSSR count). The molecule has 140 valence electrons. The molecular weight excluding hydrogens is 384 g/mol. The van der Waals surface area contributed by atoms with Gasteiger partial charge >= 0.3 is 0 Å². The number of halogens is 1. The quantitative estimate of drug-likeness (QED) is 0.619. The van der Waals surface area contributed by atoms with Gasteiger partial charge in [-0.15, -0.1) is 0 Å². The predicted molar refractivity (Wildman–Crippen MR) is 109 cm³/mol. The molecule has 1 aromatic carbocycles. The summed E-state index contributed by atoms with van der Waals surface area (Å²) in [6, 6.07) is 10.2. The Labute approximate surface area is 164 Å². The van der Waals surface area contributed by atoms with E-state index in [2.05, 4.69) is 37.0 Å². The molecule has 2 aromatic heterocycles. The fourth-order valence-corrected chi connectivity index (χ4v) is 4.39.